The summed E-state index contributed by atoms with van der Waals surface area (Å²) in [5.74, 6) is 0. The second kappa shape index (κ2) is 12.0. The number of H-pyrrole nitrogens is 2. The Balaban J connectivity index is 1.64. The van der Waals surface area contributed by atoms with Gasteiger partial charge in [-0.2, -0.15) is 26.3 Å². The van der Waals surface area contributed by atoms with Crippen molar-refractivity contribution in [1.82, 2.24) is 19.9 Å². The third kappa shape index (κ3) is 6.01. The van der Waals surface area contributed by atoms with Crippen molar-refractivity contribution in [1.29, 1.82) is 0 Å². The molecule has 0 atom stereocenters. The lowest BCUT2D eigenvalue weighted by molar-refractivity contribution is -0.137. The van der Waals surface area contributed by atoms with Crippen molar-refractivity contribution in [2.75, 3.05) is 0 Å². The molecule has 3 aromatic heterocycles. The van der Waals surface area contributed by atoms with Crippen LogP contribution in [0.3, 0.4) is 0 Å². The van der Waals surface area contributed by atoms with Crippen molar-refractivity contribution in [2.45, 2.75) is 25.9 Å². The number of alkyl halides is 6. The Kier molecular flexibility index (Phi) is 7.73. The minimum absolute atomic E-state index is 0.0153. The molecule has 0 radical (unpaired) electrons. The highest BCUT2D eigenvalue weighted by Gasteiger charge is 2.37. The van der Waals surface area contributed by atoms with E-state index in [1.165, 1.54) is 48.6 Å². The van der Waals surface area contributed by atoms with Crippen LogP contribution in [0.1, 0.15) is 45.0 Å². The topological polar surface area (TPSA) is 83.7 Å². The second-order valence-electron chi connectivity index (χ2n) is 11.5. The first-order valence-electron chi connectivity index (χ1n) is 14.9. The van der Waals surface area contributed by atoms with Gasteiger partial charge in [-0.1, -0.05) is 54.1 Å². The average molecular weight is 671 g/mol. The number of rotatable bonds is 5. The molecule has 0 saturated heterocycles. The van der Waals surface area contributed by atoms with Gasteiger partial charge < -0.3 is 14.7 Å². The number of benzene rings is 2. The quantitative estimate of drug-likeness (QED) is 0.141. The van der Waals surface area contributed by atoms with Crippen LogP contribution in [-0.2, 0) is 28.5 Å². The van der Waals surface area contributed by atoms with Gasteiger partial charge in [0.25, 0.3) is 6.47 Å². The third-order valence-electron chi connectivity index (χ3n) is 8.22. The molecule has 0 aliphatic carbocycles. The molecule has 8 bridgehead atoms. The van der Waals surface area contributed by atoms with E-state index in [-0.39, 0.29) is 57.0 Å². The first kappa shape index (κ1) is 31.7. The van der Waals surface area contributed by atoms with Crippen molar-refractivity contribution in [3.8, 4) is 22.3 Å². The first-order chi connectivity index (χ1) is 23.4. The minimum atomic E-state index is -4.83. The average Bonchev–Trinajstić information content (AvgIpc) is 3.87. The summed E-state index contributed by atoms with van der Waals surface area (Å²) >= 11 is 0. The van der Waals surface area contributed by atoms with Crippen LogP contribution in [0.2, 0.25) is 0 Å². The Morgan fingerprint density at radius 3 is 1.49 bits per heavy atom. The molecule has 2 aromatic carbocycles. The van der Waals surface area contributed by atoms with Crippen molar-refractivity contribution in [3.05, 3.63) is 118 Å². The number of aromatic nitrogens is 4. The smallest absolute Gasteiger partial charge is 0.420 e. The number of aromatic amines is 2. The zero-order valence-electron chi connectivity index (χ0n) is 25.5. The number of halogens is 6. The van der Waals surface area contributed by atoms with Gasteiger partial charge in [0, 0.05) is 22.2 Å². The summed E-state index contributed by atoms with van der Waals surface area (Å²) in [6.45, 7) is 2.14. The summed E-state index contributed by atoms with van der Waals surface area (Å²) in [6, 6.07) is 19.0. The molecule has 7 rings (SSSR count). The van der Waals surface area contributed by atoms with E-state index >= 15 is 0 Å². The van der Waals surface area contributed by atoms with Gasteiger partial charge in [0.05, 0.1) is 33.8 Å². The Morgan fingerprint density at radius 1 is 0.592 bits per heavy atom. The number of nitrogens with zero attached hydrogens (tertiary/aromatic N) is 2. The van der Waals surface area contributed by atoms with Crippen molar-refractivity contribution < 1.29 is 35.9 Å². The first-order valence-corrected chi connectivity index (χ1v) is 14.9. The van der Waals surface area contributed by atoms with Gasteiger partial charge in [-0.15, -0.1) is 0 Å². The van der Waals surface area contributed by atoms with E-state index in [0.29, 0.717) is 28.7 Å². The van der Waals surface area contributed by atoms with E-state index in [9.17, 15) is 31.1 Å². The molecule has 246 valence electrons. The number of carbonyl (C=O) groups is 1. The Hall–Kier alpha value is -5.91. The number of ether oxygens (including phenoxy) is 1. The lowest BCUT2D eigenvalue weighted by atomic mass is 10.0. The maximum atomic E-state index is 14.8. The zero-order chi connectivity index (χ0) is 34.5. The normalized spacial score (nSPS) is 12.8. The number of hydrogen-bond acceptors (Lipinski definition) is 4. The number of fused-ring (bicyclic) bond motifs is 8. The summed E-state index contributed by atoms with van der Waals surface area (Å²) in [5.41, 5.74) is 0.417. The summed E-state index contributed by atoms with van der Waals surface area (Å²) in [6.07, 6.45) is -4.37. The molecule has 6 nitrogen and oxygen atoms in total. The molecule has 0 fully saturated rings. The molecule has 5 aromatic rings. The molecular formula is C37H24F6N4O2. The lowest BCUT2D eigenvalue weighted by Gasteiger charge is -2.09. The Bertz CT molecular complexity index is 2220. The highest BCUT2D eigenvalue weighted by Crippen LogP contribution is 2.41. The van der Waals surface area contributed by atoms with E-state index in [1.807, 2.05) is 6.92 Å². The van der Waals surface area contributed by atoms with Crippen molar-refractivity contribution in [3.63, 3.8) is 0 Å². The molecule has 2 aliphatic heterocycles. The molecule has 12 heteroatoms. The molecule has 0 unspecified atom stereocenters. The van der Waals surface area contributed by atoms with Crippen LogP contribution in [0, 0.1) is 6.92 Å². The second-order valence-corrected chi connectivity index (χ2v) is 11.5. The molecule has 49 heavy (non-hydrogen) atoms. The van der Waals surface area contributed by atoms with Gasteiger partial charge in [0.2, 0.25) is 0 Å². The molecule has 0 spiro atoms. The fourth-order valence-electron chi connectivity index (χ4n) is 6.03. The molecule has 5 heterocycles. The number of hydrogen-bond donors (Lipinski definition) is 2. The van der Waals surface area contributed by atoms with Crippen LogP contribution in [0.5, 0.6) is 0 Å². The van der Waals surface area contributed by atoms with E-state index in [4.69, 9.17) is 4.74 Å². The summed E-state index contributed by atoms with van der Waals surface area (Å²) in [4.78, 5) is 25.2. The Morgan fingerprint density at radius 2 is 1.02 bits per heavy atom. The summed E-state index contributed by atoms with van der Waals surface area (Å²) in [5, 5.41) is 0. The highest BCUT2D eigenvalue weighted by atomic mass is 19.4. The van der Waals surface area contributed by atoms with Crippen molar-refractivity contribution >= 4 is 52.8 Å². The van der Waals surface area contributed by atoms with Crippen LogP contribution < -0.4 is 0 Å². The van der Waals surface area contributed by atoms with Crippen LogP contribution in [0.4, 0.5) is 26.3 Å². The van der Waals surface area contributed by atoms with Crippen LogP contribution in [0.15, 0.2) is 72.8 Å². The number of aryl methyl sites for hydroxylation is 1. The van der Waals surface area contributed by atoms with Crippen LogP contribution in [-0.4, -0.2) is 26.4 Å². The predicted octanol–water partition coefficient (Wildman–Crippen LogP) is 10.0. The molecule has 0 saturated carbocycles. The molecule has 2 N–H and O–H groups in total. The third-order valence-corrected chi connectivity index (χ3v) is 8.22. The van der Waals surface area contributed by atoms with Gasteiger partial charge >= 0.3 is 12.4 Å². The Labute approximate surface area is 274 Å². The number of nitrogens with one attached hydrogen (secondary N) is 2. The van der Waals surface area contributed by atoms with Gasteiger partial charge in [-0.05, 0) is 72.2 Å². The molecule has 2 aliphatic rings. The van der Waals surface area contributed by atoms with E-state index in [2.05, 4.69) is 19.9 Å². The maximum absolute atomic E-state index is 14.8. The van der Waals surface area contributed by atoms with E-state index in [0.717, 1.165) is 5.56 Å². The fraction of sp³-hybridized carbons (Fsp3) is 0.108. The SMILES string of the molecule is Cc1ccc(-c2c3nc(c(C(F)(F)F)c4ccc([nH]4)c(-c4ccc(COC=O)cc4)c4ccc([nH]4)c(C(F)(F)F)c4nc2C=C4)C=C3)cc1. The lowest BCUT2D eigenvalue weighted by Crippen LogP contribution is -2.08. The predicted molar refractivity (Wildman–Crippen MR) is 175 cm³/mol. The molecule has 0 amide bonds. The van der Waals surface area contributed by atoms with Gasteiger partial charge in [-0.3, -0.25) is 4.79 Å². The summed E-state index contributed by atoms with van der Waals surface area (Å²) in [7, 11) is 0. The fourth-order valence-corrected chi connectivity index (χ4v) is 6.03. The van der Waals surface area contributed by atoms with Gasteiger partial charge in [-0.25, -0.2) is 9.97 Å². The maximum Gasteiger partial charge on any atom is 0.420 e. The van der Waals surface area contributed by atoms with Crippen LogP contribution >= 0.6 is 0 Å². The van der Waals surface area contributed by atoms with Crippen LogP contribution in [0.25, 0.3) is 68.6 Å². The largest absolute Gasteiger partial charge is 0.463 e. The highest BCUT2D eigenvalue weighted by molar-refractivity contribution is 5.95. The van der Waals surface area contributed by atoms with E-state index in [1.54, 1.807) is 48.5 Å². The monoisotopic (exact) mass is 670 g/mol. The summed E-state index contributed by atoms with van der Waals surface area (Å²) < 4.78 is 93.8. The van der Waals surface area contributed by atoms with Crippen molar-refractivity contribution in [2.24, 2.45) is 0 Å². The van der Waals surface area contributed by atoms with E-state index < -0.39 is 23.5 Å². The molecular weight excluding hydrogens is 646 g/mol. The number of carbonyl (C=O) groups excluding carboxylic acids is 1. The minimum Gasteiger partial charge on any atom is -0.463 e. The van der Waals surface area contributed by atoms with Gasteiger partial charge in [0.1, 0.15) is 17.7 Å². The van der Waals surface area contributed by atoms with Gasteiger partial charge in [0.15, 0.2) is 0 Å². The zero-order valence-corrected chi connectivity index (χ0v) is 25.5. The standard InChI is InChI=1S/C37H24F6N4O2/c1-20-2-6-22(7-3-20)32-24-10-14-28(44-24)34(36(38,39)40)30-16-12-26(46-30)33(23-8-4-21(5-9-23)18-49-19-48)27-13-17-31(47-27)35(37(41,42)43)29-15-11-25(32)45-29/h2-17,19,46-47H,18H2,1H3.